The number of imidazole rings is 1. The fraction of sp³-hybridized carbons (Fsp3) is 0.417. The van der Waals surface area contributed by atoms with E-state index in [1.165, 1.54) is 6.20 Å². The molecule has 0 saturated heterocycles. The van der Waals surface area contributed by atoms with Crippen LogP contribution < -0.4 is 11.5 Å². The van der Waals surface area contributed by atoms with Crippen molar-refractivity contribution in [1.29, 1.82) is 0 Å². The minimum Gasteiger partial charge on any atom is -0.481 e. The molecule has 0 spiro atoms. The minimum absolute atomic E-state index is 0.201. The summed E-state index contributed by atoms with van der Waals surface area (Å²) in [5, 5.41) is 42.0. The molecule has 1 aromatic rings. The summed E-state index contributed by atoms with van der Waals surface area (Å²) in [5.41, 5.74) is 10.4. The molecule has 0 radical (unpaired) electrons. The highest BCUT2D eigenvalue weighted by atomic mass is 16.6. The molecule has 0 bridgehead atoms. The van der Waals surface area contributed by atoms with Crippen molar-refractivity contribution in [3.63, 3.8) is 0 Å². The van der Waals surface area contributed by atoms with Crippen molar-refractivity contribution in [3.05, 3.63) is 22.0 Å². The number of nitrogens with zero attached hydrogens (tertiary/aromatic N) is 2. The Hall–Kier alpha value is -3.59. The van der Waals surface area contributed by atoms with Gasteiger partial charge in [-0.05, 0) is 11.8 Å². The summed E-state index contributed by atoms with van der Waals surface area (Å²) in [4.78, 5) is 54.5. The molecule has 1 aromatic heterocycles. The standard InChI is InChI=1S/C4H5N3O2.2C4H7NO4/c1-3-2-5-4(6-3)7(8)9;2*5-2(4(8)9)1-3(6)7/h2H,1H3,(H,5,6);2*2H,1,5H2,(H,6,7)(H,8,9)/t;2*2-/m.00/s1. The van der Waals surface area contributed by atoms with Crippen LogP contribution in [0.2, 0.25) is 0 Å². The van der Waals surface area contributed by atoms with Crippen LogP contribution in [0.5, 0.6) is 0 Å². The number of aromatic nitrogens is 2. The summed E-state index contributed by atoms with van der Waals surface area (Å²) >= 11 is 0. The van der Waals surface area contributed by atoms with Gasteiger partial charge in [-0.15, -0.1) is 0 Å². The summed E-state index contributed by atoms with van der Waals surface area (Å²) in [6.07, 6.45) is 0.350. The lowest BCUT2D eigenvalue weighted by Crippen LogP contribution is -2.32. The average Bonchev–Trinajstić information content (AvgIpc) is 2.94. The van der Waals surface area contributed by atoms with Crippen molar-refractivity contribution in [2.24, 2.45) is 11.5 Å². The summed E-state index contributed by atoms with van der Waals surface area (Å²) in [5.74, 6) is -5.20. The van der Waals surface area contributed by atoms with Gasteiger partial charge in [0.2, 0.25) is 0 Å². The lowest BCUT2D eigenvalue weighted by molar-refractivity contribution is -0.393. The average molecular weight is 393 g/mol. The van der Waals surface area contributed by atoms with Crippen molar-refractivity contribution in [2.75, 3.05) is 0 Å². The third-order valence-electron chi connectivity index (χ3n) is 2.29. The summed E-state index contributed by atoms with van der Waals surface area (Å²) in [7, 11) is 0. The summed E-state index contributed by atoms with van der Waals surface area (Å²) in [6, 6.07) is -2.58. The van der Waals surface area contributed by atoms with Gasteiger partial charge in [-0.1, -0.05) is 4.98 Å². The zero-order valence-corrected chi connectivity index (χ0v) is 13.9. The maximum Gasteiger partial charge on any atom is 0.432 e. The Morgan fingerprint density at radius 1 is 1.07 bits per heavy atom. The van der Waals surface area contributed by atoms with E-state index in [4.69, 9.17) is 31.9 Å². The van der Waals surface area contributed by atoms with Crippen LogP contribution in [0.1, 0.15) is 18.5 Å². The second-order valence-corrected chi connectivity index (χ2v) is 4.73. The molecule has 27 heavy (non-hydrogen) atoms. The van der Waals surface area contributed by atoms with Crippen molar-refractivity contribution >= 4 is 29.8 Å². The van der Waals surface area contributed by atoms with Crippen LogP contribution in [0, 0.1) is 17.0 Å². The van der Waals surface area contributed by atoms with E-state index in [0.717, 1.165) is 0 Å². The fourth-order valence-corrected chi connectivity index (χ4v) is 1.04. The van der Waals surface area contributed by atoms with Gasteiger partial charge in [0, 0.05) is 0 Å². The van der Waals surface area contributed by atoms with Crippen LogP contribution >= 0.6 is 0 Å². The first-order chi connectivity index (χ1) is 12.3. The van der Waals surface area contributed by atoms with Gasteiger partial charge >= 0.3 is 29.8 Å². The number of nitro groups is 1. The Kier molecular flexibility index (Phi) is 12.1. The van der Waals surface area contributed by atoms with Gasteiger partial charge in [-0.3, -0.25) is 19.2 Å². The molecular formula is C12H19N5O10. The van der Waals surface area contributed by atoms with Gasteiger partial charge in [0.05, 0.1) is 12.8 Å². The number of nitrogens with two attached hydrogens (primary N) is 2. The van der Waals surface area contributed by atoms with Gasteiger partial charge in [-0.2, -0.15) is 0 Å². The number of carboxylic acid groups (broad SMARTS) is 4. The van der Waals surface area contributed by atoms with Crippen LogP contribution in [0.3, 0.4) is 0 Å². The van der Waals surface area contributed by atoms with Gasteiger partial charge in [0.1, 0.15) is 24.0 Å². The third kappa shape index (κ3) is 14.5. The quantitative estimate of drug-likeness (QED) is 0.203. The molecule has 15 nitrogen and oxygen atoms in total. The normalized spacial score (nSPS) is 11.5. The highest BCUT2D eigenvalue weighted by Gasteiger charge is 2.15. The SMILES string of the molecule is Cc1cnc([N+](=O)[O-])[nH]1.N[C@@H](CC(=O)O)C(=O)O.N[C@@H](CC(=O)O)C(=O)O. The molecule has 0 unspecified atom stereocenters. The number of rotatable bonds is 7. The second-order valence-electron chi connectivity index (χ2n) is 4.73. The first-order valence-electron chi connectivity index (χ1n) is 6.84. The molecule has 0 fully saturated rings. The third-order valence-corrected chi connectivity index (χ3v) is 2.29. The largest absolute Gasteiger partial charge is 0.481 e. The van der Waals surface area contributed by atoms with E-state index in [2.05, 4.69) is 9.97 Å². The molecule has 1 rings (SSSR count). The first-order valence-corrected chi connectivity index (χ1v) is 6.84. The van der Waals surface area contributed by atoms with Crippen LogP contribution in [0.4, 0.5) is 5.95 Å². The number of hydrogen-bond donors (Lipinski definition) is 7. The molecule has 1 heterocycles. The number of aromatic amines is 1. The maximum atomic E-state index is 9.93. The molecular weight excluding hydrogens is 374 g/mol. The summed E-state index contributed by atoms with van der Waals surface area (Å²) in [6.45, 7) is 1.71. The Balaban J connectivity index is 0. The Morgan fingerprint density at radius 2 is 1.44 bits per heavy atom. The van der Waals surface area contributed by atoms with E-state index in [1.54, 1.807) is 6.92 Å². The number of H-pyrrole nitrogens is 1. The molecule has 0 aliphatic heterocycles. The molecule has 0 aliphatic rings. The molecule has 9 N–H and O–H groups in total. The number of carboxylic acids is 4. The van der Waals surface area contributed by atoms with E-state index < -0.39 is 53.7 Å². The van der Waals surface area contributed by atoms with Gasteiger partial charge in [0.15, 0.2) is 0 Å². The van der Waals surface area contributed by atoms with Gasteiger partial charge in [0.25, 0.3) is 0 Å². The molecule has 0 saturated carbocycles. The van der Waals surface area contributed by atoms with Gasteiger partial charge < -0.3 is 42.0 Å². The molecule has 2 atom stereocenters. The topological polar surface area (TPSA) is 273 Å². The molecule has 0 aliphatic carbocycles. The van der Waals surface area contributed by atoms with E-state index in [1.807, 2.05) is 0 Å². The zero-order valence-electron chi connectivity index (χ0n) is 13.9. The van der Waals surface area contributed by atoms with Crippen molar-refractivity contribution in [2.45, 2.75) is 31.8 Å². The molecule has 15 heteroatoms. The van der Waals surface area contributed by atoms with Crippen molar-refractivity contribution in [1.82, 2.24) is 9.97 Å². The van der Waals surface area contributed by atoms with Gasteiger partial charge in [-0.25, -0.2) is 4.98 Å². The molecule has 152 valence electrons. The Morgan fingerprint density at radius 3 is 1.56 bits per heavy atom. The second kappa shape index (κ2) is 12.7. The highest BCUT2D eigenvalue weighted by molar-refractivity contribution is 5.80. The predicted octanol–water partition coefficient (Wildman–Crippen LogP) is -1.63. The predicted molar refractivity (Wildman–Crippen MR) is 85.7 cm³/mol. The van der Waals surface area contributed by atoms with Crippen LogP contribution in [0.25, 0.3) is 0 Å². The number of carbonyl (C=O) groups is 4. The smallest absolute Gasteiger partial charge is 0.432 e. The molecule has 0 aromatic carbocycles. The lowest BCUT2D eigenvalue weighted by Gasteiger charge is -1.99. The van der Waals surface area contributed by atoms with E-state index in [-0.39, 0.29) is 5.95 Å². The highest BCUT2D eigenvalue weighted by Crippen LogP contribution is 2.01. The van der Waals surface area contributed by atoms with Crippen molar-refractivity contribution in [3.8, 4) is 0 Å². The fourth-order valence-electron chi connectivity index (χ4n) is 1.04. The van der Waals surface area contributed by atoms with Crippen LogP contribution in [-0.2, 0) is 19.2 Å². The van der Waals surface area contributed by atoms with Crippen molar-refractivity contribution < 1.29 is 44.5 Å². The Labute approximate surface area is 150 Å². The zero-order chi connectivity index (χ0) is 21.7. The monoisotopic (exact) mass is 393 g/mol. The number of hydrogen-bond acceptors (Lipinski definition) is 9. The first kappa shape index (κ1) is 25.6. The number of aryl methyl sites for hydroxylation is 1. The van der Waals surface area contributed by atoms with E-state index >= 15 is 0 Å². The van der Waals surface area contributed by atoms with Crippen LogP contribution in [0.15, 0.2) is 6.20 Å². The summed E-state index contributed by atoms with van der Waals surface area (Å²) < 4.78 is 0. The van der Waals surface area contributed by atoms with E-state index in [0.29, 0.717) is 5.69 Å². The molecule has 0 amide bonds. The maximum absolute atomic E-state index is 9.93. The Bertz CT molecular complexity index is 641. The minimum atomic E-state index is -1.29. The number of nitrogens with one attached hydrogen (secondary N) is 1. The van der Waals surface area contributed by atoms with Crippen LogP contribution in [-0.4, -0.2) is 71.3 Å². The number of aliphatic carboxylic acids is 4. The van der Waals surface area contributed by atoms with E-state index in [9.17, 15) is 29.3 Å². The lowest BCUT2D eigenvalue weighted by atomic mass is 10.2.